The molecule has 0 aromatic rings. The molecule has 1 aliphatic carbocycles. The lowest BCUT2D eigenvalue weighted by Crippen LogP contribution is -2.47. The molecule has 6 heteroatoms. The van der Waals surface area contributed by atoms with Crippen LogP contribution in [-0.2, 0) is 9.59 Å². The summed E-state index contributed by atoms with van der Waals surface area (Å²) in [7, 11) is 1.58. The van der Waals surface area contributed by atoms with Gasteiger partial charge in [0.25, 0.3) is 0 Å². The number of nitriles is 1. The van der Waals surface area contributed by atoms with Crippen molar-refractivity contribution in [2.75, 3.05) is 13.6 Å². The molecule has 1 saturated carbocycles. The second-order valence-electron chi connectivity index (χ2n) is 4.96. The standard InChI is InChI=1S/C12H18N4O2/c1-15-11(17)9-5-8(9)10(14)12(18)16-4-2-3-7(16)6-13/h7-10H,2-5,14H2,1H3,(H,15,17)/t7-,8-,9-,10-/m0/s1. The van der Waals surface area contributed by atoms with E-state index in [2.05, 4.69) is 11.4 Å². The molecule has 0 aromatic carbocycles. The van der Waals surface area contributed by atoms with Crippen molar-refractivity contribution in [3.05, 3.63) is 0 Å². The van der Waals surface area contributed by atoms with E-state index in [1.807, 2.05) is 0 Å². The first-order valence-corrected chi connectivity index (χ1v) is 6.27. The van der Waals surface area contributed by atoms with Crippen LogP contribution in [0.1, 0.15) is 19.3 Å². The Labute approximate surface area is 106 Å². The normalized spacial score (nSPS) is 31.6. The van der Waals surface area contributed by atoms with Crippen molar-refractivity contribution >= 4 is 11.8 Å². The molecule has 2 amide bonds. The summed E-state index contributed by atoms with van der Waals surface area (Å²) in [4.78, 5) is 25.1. The molecule has 0 radical (unpaired) electrons. The van der Waals surface area contributed by atoms with Crippen molar-refractivity contribution in [1.29, 1.82) is 5.26 Å². The highest BCUT2D eigenvalue weighted by atomic mass is 16.2. The Hall–Kier alpha value is -1.61. The van der Waals surface area contributed by atoms with Crippen LogP contribution in [0.3, 0.4) is 0 Å². The van der Waals surface area contributed by atoms with Gasteiger partial charge in [0.1, 0.15) is 6.04 Å². The molecule has 4 atom stereocenters. The number of carbonyl (C=O) groups is 2. The van der Waals surface area contributed by atoms with Crippen LogP contribution in [-0.4, -0.2) is 42.4 Å². The summed E-state index contributed by atoms with van der Waals surface area (Å²) in [6.07, 6.45) is 2.23. The number of amides is 2. The van der Waals surface area contributed by atoms with Gasteiger partial charge in [-0.2, -0.15) is 5.26 Å². The maximum absolute atomic E-state index is 12.2. The van der Waals surface area contributed by atoms with Crippen LogP contribution in [0.2, 0.25) is 0 Å². The Bertz CT molecular complexity index is 403. The second kappa shape index (κ2) is 4.94. The fraction of sp³-hybridized carbons (Fsp3) is 0.750. The van der Waals surface area contributed by atoms with Gasteiger partial charge in [-0.1, -0.05) is 0 Å². The van der Waals surface area contributed by atoms with Gasteiger partial charge in [0.05, 0.1) is 12.1 Å². The number of hydrogen-bond acceptors (Lipinski definition) is 4. The molecular weight excluding hydrogens is 232 g/mol. The van der Waals surface area contributed by atoms with Crippen molar-refractivity contribution < 1.29 is 9.59 Å². The van der Waals surface area contributed by atoms with Gasteiger partial charge >= 0.3 is 0 Å². The first-order chi connectivity index (χ1) is 8.60. The van der Waals surface area contributed by atoms with E-state index in [-0.39, 0.29) is 29.7 Å². The number of nitrogens with one attached hydrogen (secondary N) is 1. The number of nitrogens with two attached hydrogens (primary N) is 1. The maximum Gasteiger partial charge on any atom is 0.240 e. The third kappa shape index (κ3) is 2.18. The van der Waals surface area contributed by atoms with Crippen LogP contribution in [0, 0.1) is 23.2 Å². The van der Waals surface area contributed by atoms with Gasteiger partial charge in [0.2, 0.25) is 11.8 Å². The molecule has 18 heavy (non-hydrogen) atoms. The summed E-state index contributed by atoms with van der Waals surface area (Å²) >= 11 is 0. The summed E-state index contributed by atoms with van der Waals surface area (Å²) in [6.45, 7) is 0.599. The van der Waals surface area contributed by atoms with Crippen LogP contribution in [0.25, 0.3) is 0 Å². The van der Waals surface area contributed by atoms with Crippen LogP contribution >= 0.6 is 0 Å². The fourth-order valence-electron chi connectivity index (χ4n) is 2.64. The third-order valence-corrected chi connectivity index (χ3v) is 3.85. The second-order valence-corrected chi connectivity index (χ2v) is 4.96. The average Bonchev–Trinajstić information content (AvgIpc) is 3.05. The minimum absolute atomic E-state index is 0.0542. The molecule has 98 valence electrons. The van der Waals surface area contributed by atoms with Crippen LogP contribution in [0.5, 0.6) is 0 Å². The zero-order chi connectivity index (χ0) is 13.3. The predicted octanol–water partition coefficient (Wildman–Crippen LogP) is -0.790. The monoisotopic (exact) mass is 250 g/mol. The van der Waals surface area contributed by atoms with E-state index in [0.29, 0.717) is 13.0 Å². The Morgan fingerprint density at radius 3 is 2.89 bits per heavy atom. The molecule has 1 aliphatic heterocycles. The topological polar surface area (TPSA) is 99.2 Å². The molecule has 2 aliphatic rings. The zero-order valence-corrected chi connectivity index (χ0v) is 10.4. The van der Waals surface area contributed by atoms with Gasteiger partial charge < -0.3 is 16.0 Å². The molecule has 0 unspecified atom stereocenters. The molecule has 0 bridgehead atoms. The Morgan fingerprint density at radius 1 is 1.56 bits per heavy atom. The summed E-state index contributed by atoms with van der Waals surface area (Å²) in [5.41, 5.74) is 5.92. The molecule has 1 heterocycles. The summed E-state index contributed by atoms with van der Waals surface area (Å²) in [6, 6.07) is 1.13. The van der Waals surface area contributed by atoms with E-state index in [1.54, 1.807) is 11.9 Å². The highest BCUT2D eigenvalue weighted by Crippen LogP contribution is 2.41. The number of nitrogens with zero attached hydrogens (tertiary/aromatic N) is 2. The molecule has 0 spiro atoms. The van der Waals surface area contributed by atoms with Crippen LogP contribution < -0.4 is 11.1 Å². The van der Waals surface area contributed by atoms with E-state index in [9.17, 15) is 9.59 Å². The van der Waals surface area contributed by atoms with E-state index in [1.165, 1.54) is 0 Å². The molecule has 3 N–H and O–H groups in total. The van der Waals surface area contributed by atoms with Crippen molar-refractivity contribution in [2.24, 2.45) is 17.6 Å². The zero-order valence-electron chi connectivity index (χ0n) is 10.4. The molecule has 1 saturated heterocycles. The number of rotatable bonds is 3. The maximum atomic E-state index is 12.2. The highest BCUT2D eigenvalue weighted by molar-refractivity contribution is 5.87. The van der Waals surface area contributed by atoms with Crippen LogP contribution in [0.15, 0.2) is 0 Å². The van der Waals surface area contributed by atoms with E-state index in [0.717, 1.165) is 12.8 Å². The Morgan fingerprint density at radius 2 is 2.28 bits per heavy atom. The third-order valence-electron chi connectivity index (χ3n) is 3.85. The lowest BCUT2D eigenvalue weighted by molar-refractivity contribution is -0.133. The van der Waals surface area contributed by atoms with E-state index < -0.39 is 6.04 Å². The quantitative estimate of drug-likeness (QED) is 0.685. The number of likely N-dealkylation sites (tertiary alicyclic amines) is 1. The molecule has 2 fully saturated rings. The minimum Gasteiger partial charge on any atom is -0.359 e. The highest BCUT2D eigenvalue weighted by Gasteiger charge is 2.50. The largest absolute Gasteiger partial charge is 0.359 e. The summed E-state index contributed by atoms with van der Waals surface area (Å²) in [5, 5.41) is 11.5. The van der Waals surface area contributed by atoms with Gasteiger partial charge in [-0.05, 0) is 25.2 Å². The van der Waals surface area contributed by atoms with Gasteiger partial charge in [-0.3, -0.25) is 9.59 Å². The molecular formula is C12H18N4O2. The molecule has 2 rings (SSSR count). The lowest BCUT2D eigenvalue weighted by atomic mass is 10.1. The number of carbonyl (C=O) groups excluding carboxylic acids is 2. The predicted molar refractivity (Wildman–Crippen MR) is 64.0 cm³/mol. The van der Waals surface area contributed by atoms with E-state index >= 15 is 0 Å². The summed E-state index contributed by atoms with van der Waals surface area (Å²) < 4.78 is 0. The first kappa shape index (κ1) is 12.8. The fourth-order valence-corrected chi connectivity index (χ4v) is 2.64. The van der Waals surface area contributed by atoms with Gasteiger partial charge in [-0.15, -0.1) is 0 Å². The summed E-state index contributed by atoms with van der Waals surface area (Å²) in [5.74, 6) is -0.452. The molecule has 0 aromatic heterocycles. The molecule has 6 nitrogen and oxygen atoms in total. The van der Waals surface area contributed by atoms with Crippen LogP contribution in [0.4, 0.5) is 0 Å². The van der Waals surface area contributed by atoms with Gasteiger partial charge in [-0.25, -0.2) is 0 Å². The van der Waals surface area contributed by atoms with Crippen molar-refractivity contribution in [3.8, 4) is 6.07 Å². The average molecular weight is 250 g/mol. The Kier molecular flexibility index (Phi) is 3.53. The van der Waals surface area contributed by atoms with Crippen molar-refractivity contribution in [2.45, 2.75) is 31.3 Å². The number of hydrogen-bond donors (Lipinski definition) is 2. The van der Waals surface area contributed by atoms with Gasteiger partial charge in [0, 0.05) is 19.5 Å². The van der Waals surface area contributed by atoms with Gasteiger partial charge in [0.15, 0.2) is 0 Å². The first-order valence-electron chi connectivity index (χ1n) is 6.27. The van der Waals surface area contributed by atoms with E-state index in [4.69, 9.17) is 11.0 Å². The Balaban J connectivity index is 1.95. The van der Waals surface area contributed by atoms with Crippen molar-refractivity contribution in [3.63, 3.8) is 0 Å². The minimum atomic E-state index is -0.652. The lowest BCUT2D eigenvalue weighted by Gasteiger charge is -2.23. The van der Waals surface area contributed by atoms with Crippen molar-refractivity contribution in [1.82, 2.24) is 10.2 Å². The smallest absolute Gasteiger partial charge is 0.240 e. The SMILES string of the molecule is CNC(=O)[C@H]1C[C@@H]1[C@H](N)C(=O)N1CCC[C@H]1C#N.